The lowest BCUT2D eigenvalue weighted by Crippen LogP contribution is -2.09. The van der Waals surface area contributed by atoms with Crippen molar-refractivity contribution in [3.05, 3.63) is 64.1 Å². The van der Waals surface area contributed by atoms with Crippen molar-refractivity contribution >= 4 is 16.9 Å². The number of aliphatic hydroxyl groups is 1. The lowest BCUT2D eigenvalue weighted by Gasteiger charge is -2.09. The van der Waals surface area contributed by atoms with Gasteiger partial charge in [0.2, 0.25) is 0 Å². The third kappa shape index (κ3) is 4.16. The van der Waals surface area contributed by atoms with Gasteiger partial charge >= 0.3 is 11.6 Å². The van der Waals surface area contributed by atoms with Gasteiger partial charge in [-0.3, -0.25) is 0 Å². The van der Waals surface area contributed by atoms with Crippen molar-refractivity contribution in [2.24, 2.45) is 0 Å². The Hall–Kier alpha value is -2.86. The molecule has 2 aromatic rings. The summed E-state index contributed by atoms with van der Waals surface area (Å²) < 4.78 is 15.9. The van der Waals surface area contributed by atoms with Crippen LogP contribution in [-0.4, -0.2) is 30.4 Å². The van der Waals surface area contributed by atoms with Gasteiger partial charge in [-0.15, -0.1) is 0 Å². The topological polar surface area (TPSA) is 86.0 Å². The Bertz CT molecular complexity index is 906. The van der Waals surface area contributed by atoms with Gasteiger partial charge in [-0.25, -0.2) is 9.59 Å². The molecule has 0 aliphatic carbocycles. The van der Waals surface area contributed by atoms with Crippen LogP contribution in [-0.2, 0) is 9.53 Å². The Balaban J connectivity index is 1.58. The minimum atomic E-state index is -0.464. The van der Waals surface area contributed by atoms with Crippen molar-refractivity contribution in [3.8, 4) is 5.75 Å². The normalized spacial score (nSPS) is 17.5. The van der Waals surface area contributed by atoms with Crippen LogP contribution in [0.25, 0.3) is 11.0 Å². The summed E-state index contributed by atoms with van der Waals surface area (Å²) in [5.41, 5.74) is 1.37. The first-order valence-electron chi connectivity index (χ1n) is 7.90. The summed E-state index contributed by atoms with van der Waals surface area (Å²) in [6.45, 7) is 1.95. The highest BCUT2D eigenvalue weighted by atomic mass is 16.5. The molecular weight excluding hydrogens is 324 g/mol. The van der Waals surface area contributed by atoms with Crippen LogP contribution < -0.4 is 10.4 Å². The van der Waals surface area contributed by atoms with Crippen LogP contribution in [0.2, 0.25) is 0 Å². The van der Waals surface area contributed by atoms with Crippen LogP contribution in [0.5, 0.6) is 5.75 Å². The number of hydrogen-bond donors (Lipinski definition) is 1. The standard InChI is InChI=1S/C19H18O6/c1-12(8-16-9-14(11-20)19(22)24-16)6-7-23-15-4-2-13-3-5-18(21)25-17(13)10-15/h2-6,9-10,16,20H,7-8,11H2,1H3/b12-6+/t16-/m0/s1. The SMILES string of the molecule is C/C(=C\COc1ccc2ccc(=O)oc2c1)C[C@H]1C=C(CO)C(=O)O1. The molecule has 1 aromatic heterocycles. The molecular formula is C19H18O6. The summed E-state index contributed by atoms with van der Waals surface area (Å²) in [6, 6.07) is 8.38. The average Bonchev–Trinajstić information content (AvgIpc) is 2.93. The van der Waals surface area contributed by atoms with Gasteiger partial charge in [-0.2, -0.15) is 0 Å². The quantitative estimate of drug-likeness (QED) is 0.493. The molecule has 6 nitrogen and oxygen atoms in total. The Kier molecular flexibility index (Phi) is 5.00. The summed E-state index contributed by atoms with van der Waals surface area (Å²) in [6.07, 6.45) is 3.74. The van der Waals surface area contributed by atoms with Crippen LogP contribution in [0.3, 0.4) is 0 Å². The number of carbonyl (C=O) groups is 1. The van der Waals surface area contributed by atoms with Gasteiger partial charge in [0, 0.05) is 23.9 Å². The molecule has 1 aliphatic heterocycles. The Morgan fingerprint density at radius 3 is 2.84 bits per heavy atom. The highest BCUT2D eigenvalue weighted by Gasteiger charge is 2.24. The molecule has 1 aliphatic rings. The van der Waals surface area contributed by atoms with Crippen LogP contribution in [0.1, 0.15) is 13.3 Å². The molecule has 0 saturated heterocycles. The predicted molar refractivity (Wildman–Crippen MR) is 91.4 cm³/mol. The highest BCUT2D eigenvalue weighted by molar-refractivity contribution is 5.91. The van der Waals surface area contributed by atoms with E-state index >= 15 is 0 Å². The molecule has 3 rings (SSSR count). The van der Waals surface area contributed by atoms with Gasteiger partial charge in [0.1, 0.15) is 24.0 Å². The van der Waals surface area contributed by atoms with Gasteiger partial charge in [0.25, 0.3) is 0 Å². The second-order valence-electron chi connectivity index (χ2n) is 5.81. The number of rotatable bonds is 6. The van der Waals surface area contributed by atoms with Gasteiger partial charge in [0.05, 0.1) is 12.2 Å². The Morgan fingerprint density at radius 2 is 2.08 bits per heavy atom. The first-order chi connectivity index (χ1) is 12.0. The predicted octanol–water partition coefficient (Wildman–Crippen LogP) is 2.35. The molecule has 1 N–H and O–H groups in total. The van der Waals surface area contributed by atoms with Crippen LogP contribution in [0.4, 0.5) is 0 Å². The maximum absolute atomic E-state index is 11.4. The van der Waals surface area contributed by atoms with E-state index in [1.165, 1.54) is 6.07 Å². The summed E-state index contributed by atoms with van der Waals surface area (Å²) >= 11 is 0. The summed E-state index contributed by atoms with van der Waals surface area (Å²) in [7, 11) is 0. The molecule has 25 heavy (non-hydrogen) atoms. The first kappa shape index (κ1) is 17.0. The Morgan fingerprint density at radius 1 is 1.28 bits per heavy atom. The molecule has 0 saturated carbocycles. The van der Waals surface area contributed by atoms with Crippen LogP contribution in [0.15, 0.2) is 62.8 Å². The number of hydrogen-bond acceptors (Lipinski definition) is 6. The van der Waals surface area contributed by atoms with E-state index in [0.29, 0.717) is 29.9 Å². The van der Waals surface area contributed by atoms with E-state index in [1.807, 2.05) is 19.1 Å². The third-order valence-corrected chi connectivity index (χ3v) is 3.88. The first-order valence-corrected chi connectivity index (χ1v) is 7.90. The molecule has 2 heterocycles. The largest absolute Gasteiger partial charge is 0.489 e. The summed E-state index contributed by atoms with van der Waals surface area (Å²) in [5, 5.41) is 9.84. The molecule has 0 spiro atoms. The van der Waals surface area contributed by atoms with Crippen molar-refractivity contribution in [1.82, 2.24) is 0 Å². The minimum Gasteiger partial charge on any atom is -0.489 e. The van der Waals surface area contributed by atoms with E-state index in [9.17, 15) is 9.59 Å². The molecule has 0 radical (unpaired) electrons. The summed E-state index contributed by atoms with van der Waals surface area (Å²) in [5.74, 6) is 0.134. The number of aliphatic hydroxyl groups excluding tert-OH is 1. The van der Waals surface area contributed by atoms with E-state index in [2.05, 4.69) is 0 Å². The van der Waals surface area contributed by atoms with Crippen molar-refractivity contribution in [2.75, 3.05) is 13.2 Å². The molecule has 1 aromatic carbocycles. The fourth-order valence-electron chi connectivity index (χ4n) is 2.57. The van der Waals surface area contributed by atoms with Gasteiger partial charge in [0.15, 0.2) is 0 Å². The van der Waals surface area contributed by atoms with E-state index in [1.54, 1.807) is 24.3 Å². The highest BCUT2D eigenvalue weighted by Crippen LogP contribution is 2.21. The van der Waals surface area contributed by atoms with Crippen LogP contribution >= 0.6 is 0 Å². The molecule has 6 heteroatoms. The average molecular weight is 342 g/mol. The molecule has 0 unspecified atom stereocenters. The number of benzene rings is 1. The molecule has 130 valence electrons. The third-order valence-electron chi connectivity index (χ3n) is 3.88. The molecule has 0 fully saturated rings. The fraction of sp³-hybridized carbons (Fsp3) is 0.263. The lowest BCUT2D eigenvalue weighted by atomic mass is 10.1. The Labute approximate surface area is 144 Å². The van der Waals surface area contributed by atoms with Crippen LogP contribution in [0, 0.1) is 0 Å². The van der Waals surface area contributed by atoms with Gasteiger partial charge in [-0.05, 0) is 37.3 Å². The number of ether oxygens (including phenoxy) is 2. The van der Waals surface area contributed by atoms with E-state index < -0.39 is 11.6 Å². The number of esters is 1. The molecule has 0 amide bonds. The van der Waals surface area contributed by atoms with Gasteiger partial charge < -0.3 is 19.0 Å². The monoisotopic (exact) mass is 342 g/mol. The molecule has 1 atom stereocenters. The summed E-state index contributed by atoms with van der Waals surface area (Å²) in [4.78, 5) is 22.7. The number of cyclic esters (lactones) is 1. The maximum Gasteiger partial charge on any atom is 0.336 e. The van der Waals surface area contributed by atoms with Crippen molar-refractivity contribution in [2.45, 2.75) is 19.4 Å². The fourth-order valence-corrected chi connectivity index (χ4v) is 2.57. The van der Waals surface area contributed by atoms with E-state index in [4.69, 9.17) is 19.0 Å². The van der Waals surface area contributed by atoms with Crippen molar-refractivity contribution in [1.29, 1.82) is 0 Å². The smallest absolute Gasteiger partial charge is 0.336 e. The second kappa shape index (κ2) is 7.36. The zero-order chi connectivity index (χ0) is 17.8. The number of carbonyl (C=O) groups excluding carboxylic acids is 1. The zero-order valence-corrected chi connectivity index (χ0v) is 13.7. The minimum absolute atomic E-state index is 0.298. The second-order valence-corrected chi connectivity index (χ2v) is 5.81. The van der Waals surface area contributed by atoms with E-state index in [-0.39, 0.29) is 12.7 Å². The van der Waals surface area contributed by atoms with E-state index in [0.717, 1.165) is 11.0 Å². The maximum atomic E-state index is 11.4. The lowest BCUT2D eigenvalue weighted by molar-refractivity contribution is -0.139. The van der Waals surface area contributed by atoms with Crippen molar-refractivity contribution < 1.29 is 23.8 Å². The number of fused-ring (bicyclic) bond motifs is 1. The van der Waals surface area contributed by atoms with Crippen molar-refractivity contribution in [3.63, 3.8) is 0 Å². The zero-order valence-electron chi connectivity index (χ0n) is 13.7. The van der Waals surface area contributed by atoms with Gasteiger partial charge in [-0.1, -0.05) is 5.57 Å². The molecule has 0 bridgehead atoms.